The number of fused-ring (bicyclic) bond motifs is 1. The van der Waals surface area contributed by atoms with Crippen LogP contribution in [0.25, 0.3) is 0 Å². The van der Waals surface area contributed by atoms with Crippen LogP contribution in [-0.2, 0) is 14.8 Å². The first-order chi connectivity index (χ1) is 13.0. The molecule has 1 aliphatic rings. The quantitative estimate of drug-likeness (QED) is 0.711. The first-order valence-corrected chi connectivity index (χ1v) is 11.0. The Bertz CT molecular complexity index is 1020. The number of hydrogen-bond acceptors (Lipinski definition) is 4. The van der Waals surface area contributed by atoms with Crippen molar-refractivity contribution in [1.29, 1.82) is 0 Å². The zero-order valence-corrected chi connectivity index (χ0v) is 18.2. The third-order valence-electron chi connectivity index (χ3n) is 4.75. The molecule has 1 N–H and O–H groups in total. The minimum Gasteiger partial charge on any atom is -0.486 e. The molecule has 1 atom stereocenters. The summed E-state index contributed by atoms with van der Waals surface area (Å²) in [5.74, 6) is -0.539. The zero-order valence-electron chi connectivity index (χ0n) is 15.8. The largest absolute Gasteiger partial charge is 0.486 e. The Morgan fingerprint density at radius 1 is 1.29 bits per heavy atom. The van der Waals surface area contributed by atoms with Crippen LogP contribution in [-0.4, -0.2) is 32.1 Å². The van der Waals surface area contributed by atoms with Gasteiger partial charge < -0.3 is 9.84 Å². The van der Waals surface area contributed by atoms with Gasteiger partial charge in [-0.1, -0.05) is 28.1 Å². The number of carbonyl (C=O) groups is 1. The number of aliphatic carboxylic acids is 1. The van der Waals surface area contributed by atoms with Crippen molar-refractivity contribution in [3.8, 4) is 5.75 Å². The van der Waals surface area contributed by atoms with Gasteiger partial charge in [0.1, 0.15) is 11.9 Å². The number of carboxylic acid groups (broad SMARTS) is 1. The van der Waals surface area contributed by atoms with Gasteiger partial charge in [-0.3, -0.25) is 9.10 Å². The number of carboxylic acids is 1. The summed E-state index contributed by atoms with van der Waals surface area (Å²) in [4.78, 5) is 11.7. The molecule has 0 amide bonds. The van der Waals surface area contributed by atoms with Crippen molar-refractivity contribution in [2.75, 3.05) is 10.8 Å². The van der Waals surface area contributed by atoms with E-state index in [9.17, 15) is 18.3 Å². The molecule has 2 aromatic carbocycles. The lowest BCUT2D eigenvalue weighted by atomic mass is 9.86. The van der Waals surface area contributed by atoms with Crippen molar-refractivity contribution in [3.05, 3.63) is 52.5 Å². The maximum atomic E-state index is 13.4. The number of benzene rings is 2. The highest BCUT2D eigenvalue weighted by Crippen LogP contribution is 2.40. The molecule has 0 radical (unpaired) electrons. The molecule has 150 valence electrons. The number of sulfonamides is 1. The number of anilines is 1. The van der Waals surface area contributed by atoms with Crippen molar-refractivity contribution < 1.29 is 23.1 Å². The molecule has 0 fully saturated rings. The van der Waals surface area contributed by atoms with Gasteiger partial charge in [-0.05, 0) is 56.7 Å². The van der Waals surface area contributed by atoms with E-state index in [1.54, 1.807) is 50.2 Å². The smallest absolute Gasteiger partial charge is 0.309 e. The summed E-state index contributed by atoms with van der Waals surface area (Å²) < 4.78 is 34.8. The van der Waals surface area contributed by atoms with Gasteiger partial charge in [0, 0.05) is 10.9 Å². The molecule has 0 saturated carbocycles. The third-order valence-corrected chi connectivity index (χ3v) is 7.02. The molecule has 0 spiro atoms. The van der Waals surface area contributed by atoms with Crippen LogP contribution in [0.3, 0.4) is 0 Å². The van der Waals surface area contributed by atoms with Crippen LogP contribution in [0.4, 0.5) is 5.69 Å². The summed E-state index contributed by atoms with van der Waals surface area (Å²) in [5.41, 5.74) is 0.226. The van der Waals surface area contributed by atoms with Crippen molar-refractivity contribution >= 4 is 37.6 Å². The summed E-state index contributed by atoms with van der Waals surface area (Å²) >= 11 is 3.38. The van der Waals surface area contributed by atoms with E-state index < -0.39 is 27.5 Å². The van der Waals surface area contributed by atoms with Crippen LogP contribution in [0, 0.1) is 12.3 Å². The number of rotatable bonds is 5. The van der Waals surface area contributed by atoms with Crippen molar-refractivity contribution in [1.82, 2.24) is 0 Å². The Hall–Kier alpha value is -2.06. The summed E-state index contributed by atoms with van der Waals surface area (Å²) in [7, 11) is -3.84. The minimum atomic E-state index is -3.84. The van der Waals surface area contributed by atoms with Gasteiger partial charge in [0.2, 0.25) is 0 Å². The molecule has 0 unspecified atom stereocenters. The van der Waals surface area contributed by atoms with E-state index in [1.807, 2.05) is 13.0 Å². The number of halogens is 1. The molecule has 1 heterocycles. The van der Waals surface area contributed by atoms with Gasteiger partial charge in [0.05, 0.1) is 22.5 Å². The van der Waals surface area contributed by atoms with E-state index in [0.29, 0.717) is 11.4 Å². The molecule has 0 aromatic heterocycles. The second-order valence-electron chi connectivity index (χ2n) is 7.60. The van der Waals surface area contributed by atoms with Gasteiger partial charge in [-0.15, -0.1) is 0 Å². The second-order valence-corrected chi connectivity index (χ2v) is 10.4. The predicted octanol–water partition coefficient (Wildman–Crippen LogP) is 4.21. The van der Waals surface area contributed by atoms with Gasteiger partial charge in [-0.2, -0.15) is 0 Å². The number of hydrogen-bond donors (Lipinski definition) is 1. The van der Waals surface area contributed by atoms with Crippen LogP contribution < -0.4 is 9.04 Å². The molecule has 28 heavy (non-hydrogen) atoms. The van der Waals surface area contributed by atoms with Crippen molar-refractivity contribution in [3.63, 3.8) is 0 Å². The lowest BCUT2D eigenvalue weighted by Crippen LogP contribution is -2.46. The fourth-order valence-electron chi connectivity index (χ4n) is 3.18. The Kier molecular flexibility index (Phi) is 5.46. The fraction of sp³-hybridized carbons (Fsp3) is 0.350. The van der Waals surface area contributed by atoms with E-state index in [0.717, 1.165) is 10.0 Å². The van der Waals surface area contributed by atoms with Gasteiger partial charge in [0.25, 0.3) is 10.0 Å². The van der Waals surface area contributed by atoms with Crippen molar-refractivity contribution in [2.45, 2.75) is 38.2 Å². The van der Waals surface area contributed by atoms with Crippen LogP contribution in [0.1, 0.15) is 25.8 Å². The van der Waals surface area contributed by atoms with E-state index in [-0.39, 0.29) is 17.9 Å². The number of ether oxygens (including phenoxy) is 1. The van der Waals surface area contributed by atoms with Crippen molar-refractivity contribution in [2.24, 2.45) is 5.41 Å². The van der Waals surface area contributed by atoms with E-state index >= 15 is 0 Å². The van der Waals surface area contributed by atoms with Gasteiger partial charge >= 0.3 is 5.97 Å². The first-order valence-electron chi connectivity index (χ1n) is 8.80. The molecule has 0 bridgehead atoms. The molecule has 3 rings (SSSR count). The Morgan fingerprint density at radius 3 is 2.64 bits per heavy atom. The van der Waals surface area contributed by atoms with Crippen LogP contribution in [0.5, 0.6) is 5.75 Å². The van der Waals surface area contributed by atoms with Gasteiger partial charge in [-0.25, -0.2) is 8.42 Å². The molecule has 6 nitrogen and oxygen atoms in total. The average molecular weight is 468 g/mol. The first kappa shape index (κ1) is 20.7. The summed E-state index contributed by atoms with van der Waals surface area (Å²) in [6, 6.07) is 11.9. The number of nitrogens with zero attached hydrogens (tertiary/aromatic N) is 1. The maximum Gasteiger partial charge on any atom is 0.309 e. The van der Waals surface area contributed by atoms with E-state index in [1.165, 1.54) is 4.31 Å². The zero-order chi connectivity index (χ0) is 20.7. The standard InChI is InChI=1S/C20H22BrNO5S/c1-13-5-4-6-16(9-13)28(25,26)22-12-15(11-20(2,3)19(23)24)27-18-8-7-14(21)10-17(18)22/h4-10,15H,11-12H2,1-3H3,(H,23,24)/t15-/m1/s1. The summed E-state index contributed by atoms with van der Waals surface area (Å²) in [6.45, 7) is 5.09. The molecular weight excluding hydrogens is 446 g/mol. The topological polar surface area (TPSA) is 83.9 Å². The Balaban J connectivity index is 2.06. The molecule has 0 saturated heterocycles. The lowest BCUT2D eigenvalue weighted by Gasteiger charge is -2.37. The third kappa shape index (κ3) is 4.03. The normalized spacial score (nSPS) is 17.0. The van der Waals surface area contributed by atoms with Crippen LogP contribution >= 0.6 is 15.9 Å². The summed E-state index contributed by atoms with van der Waals surface area (Å²) in [5, 5.41) is 9.44. The molecular formula is C20H22BrNO5S. The van der Waals surface area contributed by atoms with Crippen LogP contribution in [0.15, 0.2) is 51.8 Å². The SMILES string of the molecule is Cc1cccc(S(=O)(=O)N2C[C@@H](CC(C)(C)C(=O)O)Oc3ccc(Br)cc32)c1. The molecule has 1 aliphatic heterocycles. The lowest BCUT2D eigenvalue weighted by molar-refractivity contribution is -0.148. The maximum absolute atomic E-state index is 13.4. The highest BCUT2D eigenvalue weighted by molar-refractivity contribution is 9.10. The van der Waals surface area contributed by atoms with E-state index in [4.69, 9.17) is 4.74 Å². The second kappa shape index (κ2) is 7.40. The van der Waals surface area contributed by atoms with E-state index in [2.05, 4.69) is 15.9 Å². The summed E-state index contributed by atoms with van der Waals surface area (Å²) in [6.07, 6.45) is -0.406. The average Bonchev–Trinajstić information content (AvgIpc) is 2.61. The monoisotopic (exact) mass is 467 g/mol. The highest BCUT2D eigenvalue weighted by Gasteiger charge is 2.39. The highest BCUT2D eigenvalue weighted by atomic mass is 79.9. The Morgan fingerprint density at radius 2 is 2.00 bits per heavy atom. The predicted molar refractivity (Wildman–Crippen MR) is 110 cm³/mol. The minimum absolute atomic E-state index is 0.0381. The van der Waals surface area contributed by atoms with Crippen LogP contribution in [0.2, 0.25) is 0 Å². The molecule has 2 aromatic rings. The fourth-order valence-corrected chi connectivity index (χ4v) is 5.13. The molecule has 8 heteroatoms. The van der Waals surface area contributed by atoms with Gasteiger partial charge in [0.15, 0.2) is 0 Å². The Labute approximate surface area is 173 Å². The molecule has 0 aliphatic carbocycles. The number of aryl methyl sites for hydroxylation is 1.